The molecule has 0 spiro atoms. The molecule has 1 N–H and O–H groups in total. The molecule has 0 saturated carbocycles. The molecule has 0 unspecified atom stereocenters. The Morgan fingerprint density at radius 3 is 2.88 bits per heavy atom. The minimum absolute atomic E-state index is 0.0561. The zero-order valence-electron chi connectivity index (χ0n) is 14.4. The molecule has 6 nitrogen and oxygen atoms in total. The lowest BCUT2D eigenvalue weighted by Crippen LogP contribution is -2.32. The summed E-state index contributed by atoms with van der Waals surface area (Å²) in [5.41, 5.74) is 5.59. The summed E-state index contributed by atoms with van der Waals surface area (Å²) >= 11 is 9.77. The van der Waals surface area contributed by atoms with Crippen LogP contribution in [0.4, 0.5) is 0 Å². The van der Waals surface area contributed by atoms with Crippen molar-refractivity contribution in [3.05, 3.63) is 56.7 Å². The minimum Gasteiger partial charge on any atom is -0.352 e. The fourth-order valence-corrected chi connectivity index (χ4v) is 4.51. The van der Waals surface area contributed by atoms with Crippen LogP contribution in [0.15, 0.2) is 28.9 Å². The number of amides is 1. The predicted molar refractivity (Wildman–Crippen MR) is 103 cm³/mol. The van der Waals surface area contributed by atoms with Gasteiger partial charge in [-0.2, -0.15) is 5.10 Å². The third-order valence-corrected chi connectivity index (χ3v) is 5.58. The van der Waals surface area contributed by atoms with Gasteiger partial charge in [0.2, 0.25) is 0 Å². The highest BCUT2D eigenvalue weighted by Gasteiger charge is 2.29. The molecule has 0 aromatic carbocycles. The van der Waals surface area contributed by atoms with Crippen molar-refractivity contribution in [1.82, 2.24) is 24.6 Å². The van der Waals surface area contributed by atoms with Crippen LogP contribution in [0.2, 0.25) is 5.15 Å². The average molecular weight is 435 g/mol. The van der Waals surface area contributed by atoms with Crippen LogP contribution in [-0.2, 0) is 20.0 Å². The summed E-state index contributed by atoms with van der Waals surface area (Å²) in [5, 5.41) is 7.78. The first-order valence-corrected chi connectivity index (χ1v) is 9.43. The van der Waals surface area contributed by atoms with Gasteiger partial charge in [-0.3, -0.25) is 9.48 Å². The Morgan fingerprint density at radius 2 is 2.19 bits per heavy atom. The maximum Gasteiger partial charge on any atom is 0.254 e. The Balaban J connectivity index is 1.94. The van der Waals surface area contributed by atoms with E-state index in [2.05, 4.69) is 42.0 Å². The predicted octanol–water partition coefficient (Wildman–Crippen LogP) is 3.34. The Kier molecular flexibility index (Phi) is 4.36. The Bertz CT molecular complexity index is 1020. The molecular weight excluding hydrogens is 418 g/mol. The van der Waals surface area contributed by atoms with E-state index in [4.69, 9.17) is 11.6 Å². The van der Waals surface area contributed by atoms with Gasteiger partial charge in [0.1, 0.15) is 5.15 Å². The third-order valence-electron chi connectivity index (χ3n) is 4.61. The molecular formula is C18H17BrClN5O. The molecule has 0 atom stereocenters. The number of hydrogen-bond acceptors (Lipinski definition) is 3. The van der Waals surface area contributed by atoms with Crippen LogP contribution >= 0.6 is 27.5 Å². The lowest BCUT2D eigenvalue weighted by Gasteiger charge is -2.17. The number of carbonyl (C=O) groups excluding carboxylic acids is 1. The van der Waals surface area contributed by atoms with Crippen molar-refractivity contribution >= 4 is 33.4 Å². The van der Waals surface area contributed by atoms with E-state index in [1.54, 1.807) is 6.20 Å². The number of nitrogens with one attached hydrogen (secondary N) is 1. The van der Waals surface area contributed by atoms with E-state index in [0.717, 1.165) is 39.2 Å². The van der Waals surface area contributed by atoms with E-state index in [9.17, 15) is 4.79 Å². The molecule has 4 heterocycles. The molecule has 0 radical (unpaired) electrons. The van der Waals surface area contributed by atoms with Crippen molar-refractivity contribution in [2.45, 2.75) is 19.9 Å². The zero-order valence-corrected chi connectivity index (χ0v) is 16.7. The molecule has 0 saturated heterocycles. The molecule has 26 heavy (non-hydrogen) atoms. The Hall–Kier alpha value is -2.12. The van der Waals surface area contributed by atoms with Crippen molar-refractivity contribution < 1.29 is 4.79 Å². The van der Waals surface area contributed by atoms with Crippen LogP contribution in [0.1, 0.15) is 27.4 Å². The van der Waals surface area contributed by atoms with Gasteiger partial charge in [0.05, 0.1) is 33.7 Å². The second-order valence-electron chi connectivity index (χ2n) is 6.34. The van der Waals surface area contributed by atoms with Gasteiger partial charge >= 0.3 is 0 Å². The van der Waals surface area contributed by atoms with Gasteiger partial charge in [-0.25, -0.2) is 4.98 Å². The molecule has 0 bridgehead atoms. The van der Waals surface area contributed by atoms with E-state index in [0.29, 0.717) is 23.8 Å². The largest absolute Gasteiger partial charge is 0.352 e. The first-order valence-electron chi connectivity index (χ1n) is 8.26. The standard InChI is InChI=1S/C18H17BrClN5O/c1-10-7-12(24(2)23-10)9-25-13-4-6-22-18(26)15(13)16(19)17(25)11-3-5-21-14(20)8-11/h3,5,7-8H,4,6,9H2,1-2H3,(H,22,26). The fraction of sp³-hybridized carbons (Fsp3) is 0.278. The quantitative estimate of drug-likeness (QED) is 0.643. The molecule has 8 heteroatoms. The van der Waals surface area contributed by atoms with Gasteiger partial charge in [-0.1, -0.05) is 11.6 Å². The number of aryl methyl sites for hydroxylation is 2. The van der Waals surface area contributed by atoms with Gasteiger partial charge < -0.3 is 9.88 Å². The molecule has 3 aromatic heterocycles. The number of aromatic nitrogens is 4. The lowest BCUT2D eigenvalue weighted by molar-refractivity contribution is 0.0944. The number of pyridine rings is 1. The molecule has 134 valence electrons. The van der Waals surface area contributed by atoms with Crippen LogP contribution in [0.5, 0.6) is 0 Å². The first-order chi connectivity index (χ1) is 12.5. The summed E-state index contributed by atoms with van der Waals surface area (Å²) in [4.78, 5) is 16.6. The highest BCUT2D eigenvalue weighted by Crippen LogP contribution is 2.38. The van der Waals surface area contributed by atoms with E-state index in [1.807, 2.05) is 30.8 Å². The summed E-state index contributed by atoms with van der Waals surface area (Å²) in [7, 11) is 1.93. The number of carbonyl (C=O) groups is 1. The number of rotatable bonds is 3. The number of fused-ring (bicyclic) bond motifs is 1. The Morgan fingerprint density at radius 1 is 1.38 bits per heavy atom. The Labute approximate surface area is 164 Å². The van der Waals surface area contributed by atoms with Gasteiger partial charge in [0.25, 0.3) is 5.91 Å². The topological polar surface area (TPSA) is 64.7 Å². The average Bonchev–Trinajstić information content (AvgIpc) is 3.05. The van der Waals surface area contributed by atoms with Gasteiger partial charge in [-0.15, -0.1) is 0 Å². The number of nitrogens with zero attached hydrogens (tertiary/aromatic N) is 4. The molecule has 1 amide bonds. The van der Waals surface area contributed by atoms with Crippen LogP contribution in [-0.4, -0.2) is 31.8 Å². The van der Waals surface area contributed by atoms with Crippen LogP contribution < -0.4 is 5.32 Å². The SMILES string of the molecule is Cc1cc(Cn2c3c(c(Br)c2-c2ccnc(Cl)c2)C(=O)NCC3)n(C)n1. The molecule has 1 aliphatic rings. The van der Waals surface area contributed by atoms with Gasteiger partial charge in [-0.05, 0) is 41.1 Å². The minimum atomic E-state index is -0.0561. The smallest absolute Gasteiger partial charge is 0.254 e. The second kappa shape index (κ2) is 6.55. The summed E-state index contributed by atoms with van der Waals surface area (Å²) in [6, 6.07) is 5.78. The van der Waals surface area contributed by atoms with Crippen LogP contribution in [0, 0.1) is 6.92 Å². The molecule has 4 rings (SSSR count). The molecule has 3 aromatic rings. The second-order valence-corrected chi connectivity index (χ2v) is 7.52. The summed E-state index contributed by atoms with van der Waals surface area (Å²) in [6.07, 6.45) is 2.45. The zero-order chi connectivity index (χ0) is 18.4. The van der Waals surface area contributed by atoms with Crippen molar-refractivity contribution in [2.75, 3.05) is 6.54 Å². The normalized spacial score (nSPS) is 13.6. The van der Waals surface area contributed by atoms with E-state index < -0.39 is 0 Å². The van der Waals surface area contributed by atoms with Gasteiger partial charge in [0.15, 0.2) is 0 Å². The molecule has 0 aliphatic carbocycles. The maximum absolute atomic E-state index is 12.5. The summed E-state index contributed by atoms with van der Waals surface area (Å²) in [5.74, 6) is -0.0561. The first kappa shape index (κ1) is 17.3. The van der Waals surface area contributed by atoms with E-state index in [-0.39, 0.29) is 5.91 Å². The van der Waals surface area contributed by atoms with Crippen molar-refractivity contribution in [1.29, 1.82) is 0 Å². The van der Waals surface area contributed by atoms with Crippen molar-refractivity contribution in [2.24, 2.45) is 7.05 Å². The third kappa shape index (κ3) is 2.85. The van der Waals surface area contributed by atoms with E-state index >= 15 is 0 Å². The lowest BCUT2D eigenvalue weighted by atomic mass is 10.1. The van der Waals surface area contributed by atoms with Crippen molar-refractivity contribution in [3.63, 3.8) is 0 Å². The number of halogens is 2. The van der Waals surface area contributed by atoms with Crippen molar-refractivity contribution in [3.8, 4) is 11.3 Å². The highest BCUT2D eigenvalue weighted by atomic mass is 79.9. The maximum atomic E-state index is 12.5. The highest BCUT2D eigenvalue weighted by molar-refractivity contribution is 9.10. The summed E-state index contributed by atoms with van der Waals surface area (Å²) < 4.78 is 4.84. The van der Waals surface area contributed by atoms with Crippen LogP contribution in [0.25, 0.3) is 11.3 Å². The fourth-order valence-electron chi connectivity index (χ4n) is 3.49. The monoisotopic (exact) mass is 433 g/mol. The van der Waals surface area contributed by atoms with E-state index in [1.165, 1.54) is 0 Å². The molecule has 0 fully saturated rings. The number of hydrogen-bond donors (Lipinski definition) is 1. The van der Waals surface area contributed by atoms with Crippen LogP contribution in [0.3, 0.4) is 0 Å². The van der Waals surface area contributed by atoms with Gasteiger partial charge in [0, 0.05) is 37.5 Å². The molecule has 1 aliphatic heterocycles. The summed E-state index contributed by atoms with van der Waals surface area (Å²) in [6.45, 7) is 3.22.